The Labute approximate surface area is 120 Å². The first-order valence-electron chi connectivity index (χ1n) is 6.53. The Morgan fingerprint density at radius 2 is 2.35 bits per heavy atom. The number of nitrogens with one attached hydrogen (secondary N) is 3. The predicted molar refractivity (Wildman–Crippen MR) is 73.8 cm³/mol. The highest BCUT2D eigenvalue weighted by Gasteiger charge is 2.34. The minimum atomic E-state index is -0.486. The number of carbonyl (C=O) groups excluding carboxylic acids is 2. The Morgan fingerprint density at radius 3 is 3.15 bits per heavy atom. The molecular formula is C12H16N4O3S. The lowest BCUT2D eigenvalue weighted by Crippen LogP contribution is -2.33. The van der Waals surface area contributed by atoms with Crippen molar-refractivity contribution in [2.75, 3.05) is 19.0 Å². The van der Waals surface area contributed by atoms with E-state index < -0.39 is 12.0 Å². The van der Waals surface area contributed by atoms with Gasteiger partial charge in [0.25, 0.3) is 0 Å². The number of hydrogen-bond donors (Lipinski definition) is 3. The van der Waals surface area contributed by atoms with Crippen LogP contribution in [-0.2, 0) is 16.0 Å². The fraction of sp³-hybridized carbons (Fsp3) is 0.583. The van der Waals surface area contributed by atoms with Gasteiger partial charge in [-0.15, -0.1) is 0 Å². The summed E-state index contributed by atoms with van der Waals surface area (Å²) in [6.07, 6.45) is 3.25. The van der Waals surface area contributed by atoms with Crippen LogP contribution in [0, 0.1) is 0 Å². The van der Waals surface area contributed by atoms with Gasteiger partial charge in [0.1, 0.15) is 6.54 Å². The lowest BCUT2D eigenvalue weighted by molar-refractivity contribution is -0.139. The third kappa shape index (κ3) is 2.61. The molecule has 108 valence electrons. The lowest BCUT2D eigenvalue weighted by atomic mass is 10.1. The van der Waals surface area contributed by atoms with Crippen molar-refractivity contribution in [1.82, 2.24) is 15.6 Å². The molecule has 7 nitrogen and oxygen atoms in total. The van der Waals surface area contributed by atoms with Gasteiger partial charge in [-0.3, -0.25) is 10.1 Å². The monoisotopic (exact) mass is 296 g/mol. The van der Waals surface area contributed by atoms with Crippen molar-refractivity contribution >= 4 is 28.5 Å². The number of urea groups is 1. The van der Waals surface area contributed by atoms with Crippen LogP contribution in [0.4, 0.5) is 9.93 Å². The topological polar surface area (TPSA) is 92.3 Å². The van der Waals surface area contributed by atoms with Crippen LogP contribution in [0.15, 0.2) is 0 Å². The summed E-state index contributed by atoms with van der Waals surface area (Å²) < 4.78 is 4.45. The molecule has 0 spiro atoms. The molecule has 2 aliphatic heterocycles. The van der Waals surface area contributed by atoms with Gasteiger partial charge in [-0.2, -0.15) is 0 Å². The minimum Gasteiger partial charge on any atom is -0.468 e. The molecule has 2 bridgehead atoms. The normalized spacial score (nSPS) is 23.1. The molecule has 20 heavy (non-hydrogen) atoms. The maximum Gasteiger partial charge on any atom is 0.325 e. The molecule has 8 heteroatoms. The standard InChI is InChI=1S/C12H16N4O3S/c1-19-9(17)5-13-11(18)16-12-15-8-4-6-2-3-7(14-6)10(8)20-12/h6-7,14H,2-5H2,1H3,(H2,13,15,16,18). The number of anilines is 1. The van der Waals surface area contributed by atoms with E-state index in [4.69, 9.17) is 0 Å². The van der Waals surface area contributed by atoms with Crippen LogP contribution in [0.1, 0.15) is 29.5 Å². The molecule has 3 N–H and O–H groups in total. The van der Waals surface area contributed by atoms with Crippen molar-refractivity contribution in [3.05, 3.63) is 10.6 Å². The van der Waals surface area contributed by atoms with Crippen LogP contribution >= 0.6 is 11.3 Å². The molecule has 0 aromatic carbocycles. The molecule has 3 heterocycles. The molecule has 1 fully saturated rings. The molecule has 1 saturated heterocycles. The van der Waals surface area contributed by atoms with E-state index in [1.54, 1.807) is 0 Å². The number of ether oxygens (including phenoxy) is 1. The van der Waals surface area contributed by atoms with Crippen molar-refractivity contribution < 1.29 is 14.3 Å². The largest absolute Gasteiger partial charge is 0.468 e. The zero-order valence-electron chi connectivity index (χ0n) is 11.1. The molecule has 2 amide bonds. The summed E-state index contributed by atoms with van der Waals surface area (Å²) in [5.74, 6) is -0.486. The molecule has 3 rings (SSSR count). The summed E-state index contributed by atoms with van der Waals surface area (Å²) >= 11 is 1.50. The molecule has 2 atom stereocenters. The number of methoxy groups -OCH3 is 1. The second-order valence-electron chi connectivity index (χ2n) is 4.91. The van der Waals surface area contributed by atoms with Crippen molar-refractivity contribution in [2.24, 2.45) is 0 Å². The third-order valence-electron chi connectivity index (χ3n) is 3.57. The van der Waals surface area contributed by atoms with Crippen LogP contribution in [0.25, 0.3) is 0 Å². The molecule has 2 unspecified atom stereocenters. The van der Waals surface area contributed by atoms with E-state index in [-0.39, 0.29) is 6.54 Å². The van der Waals surface area contributed by atoms with Gasteiger partial charge in [-0.05, 0) is 12.8 Å². The highest BCUT2D eigenvalue weighted by atomic mass is 32.1. The van der Waals surface area contributed by atoms with E-state index in [2.05, 4.69) is 25.7 Å². The van der Waals surface area contributed by atoms with E-state index in [0.29, 0.717) is 17.2 Å². The Kier molecular flexibility index (Phi) is 3.58. The first-order chi connectivity index (χ1) is 9.65. The summed E-state index contributed by atoms with van der Waals surface area (Å²) in [7, 11) is 1.28. The second kappa shape index (κ2) is 5.37. The summed E-state index contributed by atoms with van der Waals surface area (Å²) in [6, 6.07) is 0.463. The van der Waals surface area contributed by atoms with Gasteiger partial charge in [0.15, 0.2) is 5.13 Å². The van der Waals surface area contributed by atoms with Gasteiger partial charge in [0.2, 0.25) is 0 Å². The number of carbonyl (C=O) groups is 2. The predicted octanol–water partition coefficient (Wildman–Crippen LogP) is 0.787. The van der Waals surface area contributed by atoms with Gasteiger partial charge < -0.3 is 15.4 Å². The van der Waals surface area contributed by atoms with E-state index in [0.717, 1.165) is 18.5 Å². The molecule has 1 aromatic heterocycles. The van der Waals surface area contributed by atoms with Crippen molar-refractivity contribution in [1.29, 1.82) is 0 Å². The molecular weight excluding hydrogens is 280 g/mol. The van der Waals surface area contributed by atoms with Gasteiger partial charge in [0.05, 0.1) is 12.8 Å². The average molecular weight is 296 g/mol. The SMILES string of the molecule is COC(=O)CNC(=O)Nc1nc2c(s1)C1CCC(C2)N1. The van der Waals surface area contributed by atoms with E-state index in [1.165, 1.54) is 29.7 Å². The number of hydrogen-bond acceptors (Lipinski definition) is 6. The van der Waals surface area contributed by atoms with E-state index >= 15 is 0 Å². The van der Waals surface area contributed by atoms with Crippen LogP contribution < -0.4 is 16.0 Å². The zero-order chi connectivity index (χ0) is 14.1. The number of esters is 1. The fourth-order valence-corrected chi connectivity index (χ4v) is 3.70. The maximum absolute atomic E-state index is 11.6. The van der Waals surface area contributed by atoms with Crippen LogP contribution in [0.3, 0.4) is 0 Å². The van der Waals surface area contributed by atoms with Crippen molar-refractivity contribution in [2.45, 2.75) is 31.3 Å². The number of amides is 2. The lowest BCUT2D eigenvalue weighted by Gasteiger charge is -2.19. The number of aromatic nitrogens is 1. The molecule has 0 aliphatic carbocycles. The highest BCUT2D eigenvalue weighted by molar-refractivity contribution is 7.16. The van der Waals surface area contributed by atoms with Gasteiger partial charge >= 0.3 is 12.0 Å². The molecule has 2 aliphatic rings. The Morgan fingerprint density at radius 1 is 1.50 bits per heavy atom. The summed E-state index contributed by atoms with van der Waals surface area (Å²) in [5, 5.41) is 9.20. The van der Waals surface area contributed by atoms with E-state index in [9.17, 15) is 9.59 Å². The van der Waals surface area contributed by atoms with Gasteiger partial charge in [-0.25, -0.2) is 9.78 Å². The number of nitrogens with zero attached hydrogens (tertiary/aromatic N) is 1. The van der Waals surface area contributed by atoms with Crippen LogP contribution in [-0.4, -0.2) is 36.7 Å². The Bertz CT molecular complexity index is 545. The molecule has 0 saturated carbocycles. The number of fused-ring (bicyclic) bond motifs is 4. The third-order valence-corrected chi connectivity index (χ3v) is 4.69. The van der Waals surface area contributed by atoms with Crippen molar-refractivity contribution in [3.8, 4) is 0 Å². The number of rotatable bonds is 3. The second-order valence-corrected chi connectivity index (χ2v) is 5.94. The first-order valence-corrected chi connectivity index (χ1v) is 7.34. The number of thiazole rings is 1. The van der Waals surface area contributed by atoms with Crippen LogP contribution in [0.5, 0.6) is 0 Å². The highest BCUT2D eigenvalue weighted by Crippen LogP contribution is 2.40. The fourth-order valence-electron chi connectivity index (χ4n) is 2.62. The average Bonchev–Trinajstić information content (AvgIpc) is 3.01. The Balaban J connectivity index is 1.60. The molecule has 0 radical (unpaired) electrons. The van der Waals surface area contributed by atoms with Crippen LogP contribution in [0.2, 0.25) is 0 Å². The Hall–Kier alpha value is -1.67. The smallest absolute Gasteiger partial charge is 0.325 e. The summed E-state index contributed by atoms with van der Waals surface area (Å²) in [4.78, 5) is 28.2. The van der Waals surface area contributed by atoms with E-state index in [1.807, 2.05) is 0 Å². The quantitative estimate of drug-likeness (QED) is 0.717. The summed E-state index contributed by atoms with van der Waals surface area (Å²) in [5.41, 5.74) is 1.09. The zero-order valence-corrected chi connectivity index (χ0v) is 11.9. The van der Waals surface area contributed by atoms with Crippen molar-refractivity contribution in [3.63, 3.8) is 0 Å². The minimum absolute atomic E-state index is 0.153. The van der Waals surface area contributed by atoms with Gasteiger partial charge in [-0.1, -0.05) is 11.3 Å². The maximum atomic E-state index is 11.6. The van der Waals surface area contributed by atoms with Gasteiger partial charge in [0, 0.05) is 23.4 Å². The first kappa shape index (κ1) is 13.3. The summed E-state index contributed by atoms with van der Waals surface area (Å²) in [6.45, 7) is -0.153. The molecule has 1 aromatic rings.